The van der Waals surface area contributed by atoms with Crippen LogP contribution in [0.3, 0.4) is 0 Å². The summed E-state index contributed by atoms with van der Waals surface area (Å²) in [6.45, 7) is 0. The van der Waals surface area contributed by atoms with Gasteiger partial charge >= 0.3 is 0 Å². The maximum atomic E-state index is 13.4. The molecule has 2 aromatic rings. The van der Waals surface area contributed by atoms with Crippen LogP contribution < -0.4 is 9.67 Å². The first kappa shape index (κ1) is 14.0. The quantitative estimate of drug-likeness (QED) is 0.273. The lowest BCUT2D eigenvalue weighted by atomic mass is 10.1. The highest BCUT2D eigenvalue weighted by molar-refractivity contribution is 5.65. The van der Waals surface area contributed by atoms with E-state index < -0.39 is 40.4 Å². The topological polar surface area (TPSA) is 26.9 Å². The lowest BCUT2D eigenvalue weighted by Crippen LogP contribution is -2.27. The fourth-order valence-electron chi connectivity index (χ4n) is 1.52. The molecule has 0 N–H and O–H groups in total. The molecule has 1 heterocycles. The van der Waals surface area contributed by atoms with Crippen molar-refractivity contribution < 1.29 is 31.6 Å². The van der Waals surface area contributed by atoms with Crippen molar-refractivity contribution in [2.24, 2.45) is 0 Å². The first-order chi connectivity index (χ1) is 9.43. The zero-order chi connectivity index (χ0) is 14.9. The molecule has 0 radical (unpaired) electrons. The first-order valence-electron chi connectivity index (χ1n) is 5.30. The largest absolute Gasteiger partial charge is 0.868 e. The molecule has 0 amide bonds. The van der Waals surface area contributed by atoms with Crippen LogP contribution in [-0.2, 0) is 0 Å². The normalized spacial score (nSPS) is 11.8. The standard InChI is InChI=1S/C13H6F5NO/c14-9-8(10(15)12(17)13(18)11(9)16)7(20)6-19-4-2-1-3-5-19/h1-6H/b7-6-. The van der Waals surface area contributed by atoms with Crippen LogP contribution in [0.4, 0.5) is 22.0 Å². The van der Waals surface area contributed by atoms with Crippen LogP contribution in [-0.4, -0.2) is 0 Å². The van der Waals surface area contributed by atoms with Gasteiger partial charge in [-0.05, 0) is 5.76 Å². The highest BCUT2D eigenvalue weighted by Gasteiger charge is 2.25. The molecule has 0 aliphatic rings. The van der Waals surface area contributed by atoms with Gasteiger partial charge < -0.3 is 5.11 Å². The van der Waals surface area contributed by atoms with Gasteiger partial charge in [0.05, 0.1) is 5.56 Å². The third-order valence-corrected chi connectivity index (χ3v) is 2.46. The van der Waals surface area contributed by atoms with E-state index in [1.807, 2.05) is 0 Å². The average Bonchev–Trinajstić information content (AvgIpc) is 2.44. The van der Waals surface area contributed by atoms with E-state index in [2.05, 4.69) is 0 Å². The Balaban J connectivity index is 2.62. The predicted molar refractivity (Wildman–Crippen MR) is 57.0 cm³/mol. The molecular weight excluding hydrogens is 281 g/mol. The predicted octanol–water partition coefficient (Wildman–Crippen LogP) is 1.99. The highest BCUT2D eigenvalue weighted by atomic mass is 19.2. The Kier molecular flexibility index (Phi) is 3.69. The van der Waals surface area contributed by atoms with Gasteiger partial charge in [-0.3, -0.25) is 0 Å². The summed E-state index contributed by atoms with van der Waals surface area (Å²) < 4.78 is 66.7. The van der Waals surface area contributed by atoms with Crippen molar-refractivity contribution in [3.63, 3.8) is 0 Å². The highest BCUT2D eigenvalue weighted by Crippen LogP contribution is 2.25. The second-order valence-electron chi connectivity index (χ2n) is 3.76. The van der Waals surface area contributed by atoms with Crippen LogP contribution >= 0.6 is 0 Å². The summed E-state index contributed by atoms with van der Waals surface area (Å²) in [5.74, 6) is -12.3. The van der Waals surface area contributed by atoms with Crippen LogP contribution in [0, 0.1) is 29.1 Å². The van der Waals surface area contributed by atoms with Crippen LogP contribution in [0.2, 0.25) is 0 Å². The molecule has 1 aromatic carbocycles. The van der Waals surface area contributed by atoms with Gasteiger partial charge in [-0.2, -0.15) is 4.57 Å². The summed E-state index contributed by atoms with van der Waals surface area (Å²) in [4.78, 5) is 0. The van der Waals surface area contributed by atoms with Gasteiger partial charge in [-0.1, -0.05) is 6.07 Å². The van der Waals surface area contributed by atoms with Crippen molar-refractivity contribution in [3.8, 4) is 0 Å². The molecule has 0 saturated carbocycles. The van der Waals surface area contributed by atoms with Crippen LogP contribution in [0.25, 0.3) is 12.0 Å². The molecule has 0 unspecified atom stereocenters. The van der Waals surface area contributed by atoms with Crippen molar-refractivity contribution in [2.45, 2.75) is 0 Å². The summed E-state index contributed by atoms with van der Waals surface area (Å²) >= 11 is 0. The third-order valence-electron chi connectivity index (χ3n) is 2.46. The van der Waals surface area contributed by atoms with Gasteiger partial charge in [-0.15, -0.1) is 0 Å². The molecule has 0 fully saturated rings. The number of nitrogens with zero attached hydrogens (tertiary/aromatic N) is 1. The molecule has 2 nitrogen and oxygen atoms in total. The molecular formula is C13H6F5NO. The molecule has 0 atom stereocenters. The molecule has 0 saturated heterocycles. The monoisotopic (exact) mass is 287 g/mol. The van der Waals surface area contributed by atoms with Gasteiger partial charge in [0.25, 0.3) is 0 Å². The Morgan fingerprint density at radius 3 is 1.75 bits per heavy atom. The zero-order valence-electron chi connectivity index (χ0n) is 9.71. The molecule has 104 valence electrons. The Morgan fingerprint density at radius 1 is 0.800 bits per heavy atom. The number of hydrogen-bond acceptors (Lipinski definition) is 1. The maximum absolute atomic E-state index is 13.4. The summed E-state index contributed by atoms with van der Waals surface area (Å²) in [6, 6.07) is 4.65. The number of benzene rings is 1. The SMILES string of the molecule is [O-]/C(=C\[n+]1ccccc1)c1c(F)c(F)c(F)c(F)c1F. The third kappa shape index (κ3) is 2.34. The summed E-state index contributed by atoms with van der Waals surface area (Å²) in [5, 5.41) is 11.7. The van der Waals surface area contributed by atoms with Crippen molar-refractivity contribution in [1.82, 2.24) is 0 Å². The van der Waals surface area contributed by atoms with Crippen molar-refractivity contribution in [1.29, 1.82) is 0 Å². The number of hydrogen-bond donors (Lipinski definition) is 0. The number of rotatable bonds is 2. The molecule has 0 spiro atoms. The number of halogens is 5. The smallest absolute Gasteiger partial charge is 0.200 e. The minimum absolute atomic E-state index is 0.707. The minimum Gasteiger partial charge on any atom is -0.868 e. The molecule has 20 heavy (non-hydrogen) atoms. The minimum atomic E-state index is -2.30. The summed E-state index contributed by atoms with van der Waals surface area (Å²) in [7, 11) is 0. The van der Waals surface area contributed by atoms with Crippen molar-refractivity contribution >= 4 is 12.0 Å². The van der Waals surface area contributed by atoms with Gasteiger partial charge in [0.2, 0.25) is 5.82 Å². The summed E-state index contributed by atoms with van der Waals surface area (Å²) in [5.41, 5.74) is -1.49. The zero-order valence-corrected chi connectivity index (χ0v) is 9.71. The van der Waals surface area contributed by atoms with E-state index in [0.717, 1.165) is 4.57 Å². The van der Waals surface area contributed by atoms with E-state index in [1.165, 1.54) is 24.5 Å². The number of aromatic nitrogens is 1. The average molecular weight is 287 g/mol. The Morgan fingerprint density at radius 2 is 1.25 bits per heavy atom. The van der Waals surface area contributed by atoms with E-state index in [1.54, 1.807) is 6.07 Å². The van der Waals surface area contributed by atoms with Crippen LogP contribution in [0.15, 0.2) is 30.6 Å². The molecule has 0 bridgehead atoms. The van der Waals surface area contributed by atoms with Gasteiger partial charge in [0.1, 0.15) is 0 Å². The van der Waals surface area contributed by atoms with E-state index in [4.69, 9.17) is 0 Å². The first-order valence-corrected chi connectivity index (χ1v) is 5.30. The second kappa shape index (κ2) is 5.28. The maximum Gasteiger partial charge on any atom is 0.200 e. The van der Waals surface area contributed by atoms with Gasteiger partial charge in [-0.25, -0.2) is 22.0 Å². The van der Waals surface area contributed by atoms with Gasteiger partial charge in [0.15, 0.2) is 41.9 Å². The lowest BCUT2D eigenvalue weighted by Gasteiger charge is -2.13. The molecule has 1 aromatic heterocycles. The van der Waals surface area contributed by atoms with E-state index >= 15 is 0 Å². The van der Waals surface area contributed by atoms with Crippen LogP contribution in [0.5, 0.6) is 0 Å². The van der Waals surface area contributed by atoms with Crippen molar-refractivity contribution in [2.75, 3.05) is 0 Å². The van der Waals surface area contributed by atoms with E-state index in [-0.39, 0.29) is 0 Å². The molecule has 0 aliphatic heterocycles. The Labute approximate surface area is 110 Å². The van der Waals surface area contributed by atoms with Crippen LogP contribution in [0.1, 0.15) is 5.56 Å². The molecule has 7 heteroatoms. The molecule has 0 aliphatic carbocycles. The number of pyridine rings is 1. The van der Waals surface area contributed by atoms with Crippen molar-refractivity contribution in [3.05, 3.63) is 65.2 Å². The Hall–Kier alpha value is -2.44. The van der Waals surface area contributed by atoms with E-state index in [0.29, 0.717) is 6.20 Å². The summed E-state index contributed by atoms with van der Waals surface area (Å²) in [6.07, 6.45) is 3.44. The Bertz CT molecular complexity index is 656. The lowest BCUT2D eigenvalue weighted by molar-refractivity contribution is -0.570. The fraction of sp³-hybridized carbons (Fsp3) is 0. The van der Waals surface area contributed by atoms with Gasteiger partial charge in [0, 0.05) is 12.1 Å². The molecule has 2 rings (SSSR count). The fourth-order valence-corrected chi connectivity index (χ4v) is 1.52. The second-order valence-corrected chi connectivity index (χ2v) is 3.76. The van der Waals surface area contributed by atoms with E-state index in [9.17, 15) is 27.1 Å².